The summed E-state index contributed by atoms with van der Waals surface area (Å²) in [6, 6.07) is 0. The summed E-state index contributed by atoms with van der Waals surface area (Å²) in [5.41, 5.74) is 7.51. The van der Waals surface area contributed by atoms with Crippen molar-refractivity contribution >= 4 is 35.5 Å². The summed E-state index contributed by atoms with van der Waals surface area (Å²) in [6.07, 6.45) is 0.386. The molecule has 0 aromatic rings. The third-order valence-electron chi connectivity index (χ3n) is 0.721. The van der Waals surface area contributed by atoms with Gasteiger partial charge in [-0.05, 0) is 0 Å². The molecule has 0 atom stereocenters. The average molecular weight is 156 g/mol. The number of carbonyl (C=O) groups is 1. The number of nitrogens with one attached hydrogen (secondary N) is 1. The van der Waals surface area contributed by atoms with Crippen molar-refractivity contribution in [2.75, 3.05) is 13.1 Å². The Kier molecular flexibility index (Phi) is 12.2. The molecule has 0 aromatic carbocycles. The van der Waals surface area contributed by atoms with Gasteiger partial charge in [-0.15, -0.1) is 0 Å². The maximum absolute atomic E-state index is 10.4. The predicted octanol–water partition coefficient (Wildman–Crippen LogP) is -1.25. The summed E-state index contributed by atoms with van der Waals surface area (Å²) in [7, 11) is 0. The topological polar surface area (TPSA) is 64.3 Å². The molecule has 5 heteroatoms. The Labute approximate surface area is 82.7 Å². The van der Waals surface area contributed by atoms with Crippen LogP contribution >= 0.6 is 0 Å². The molecule has 3 N–H and O–H groups in total. The van der Waals surface area contributed by atoms with Crippen LogP contribution in [-0.2, 0) is 9.63 Å². The summed E-state index contributed by atoms with van der Waals surface area (Å²) >= 11 is 0. The van der Waals surface area contributed by atoms with Crippen LogP contribution in [0, 0.1) is 0 Å². The molecule has 0 heterocycles. The molecule has 0 aliphatic carbocycles. The molecule has 0 radical (unpaired) electrons. The molecule has 0 amide bonds. The van der Waals surface area contributed by atoms with Crippen molar-refractivity contribution in [1.29, 1.82) is 0 Å². The van der Waals surface area contributed by atoms with Crippen molar-refractivity contribution in [3.8, 4) is 0 Å². The molecule has 0 rings (SSSR count). The van der Waals surface area contributed by atoms with Crippen molar-refractivity contribution in [3.63, 3.8) is 0 Å². The molecule has 0 aliphatic rings. The molecule has 4 nitrogen and oxygen atoms in total. The number of nitrogens with two attached hydrogens (primary N) is 1. The summed E-state index contributed by atoms with van der Waals surface area (Å²) in [5, 5.41) is 0. The fourth-order valence-corrected chi connectivity index (χ4v) is 0.263. The van der Waals surface area contributed by atoms with Crippen molar-refractivity contribution in [2.45, 2.75) is 13.3 Å². The maximum atomic E-state index is 10.4. The number of rotatable bonds is 4. The quantitative estimate of drug-likeness (QED) is 0.303. The van der Waals surface area contributed by atoms with Crippen LogP contribution in [0.15, 0.2) is 0 Å². The summed E-state index contributed by atoms with van der Waals surface area (Å²) < 4.78 is 0. The fourth-order valence-electron chi connectivity index (χ4n) is 0.263. The molecule has 0 fully saturated rings. The molecular formula is C5H13N2NaO2. The van der Waals surface area contributed by atoms with E-state index >= 15 is 0 Å². The first-order valence-corrected chi connectivity index (χ1v) is 2.93. The zero-order valence-electron chi connectivity index (χ0n) is 5.52. The molecule has 0 bridgehead atoms. The van der Waals surface area contributed by atoms with E-state index in [-0.39, 0.29) is 35.5 Å². The van der Waals surface area contributed by atoms with Gasteiger partial charge in [0.1, 0.15) is 0 Å². The van der Waals surface area contributed by atoms with Gasteiger partial charge in [0.2, 0.25) is 0 Å². The summed E-state index contributed by atoms with van der Waals surface area (Å²) in [4.78, 5) is 14.8. The first kappa shape index (κ1) is 13.0. The van der Waals surface area contributed by atoms with Gasteiger partial charge >= 0.3 is 35.5 Å². The zero-order valence-corrected chi connectivity index (χ0v) is 5.52. The molecule has 0 aliphatic heterocycles. The van der Waals surface area contributed by atoms with Crippen molar-refractivity contribution < 1.29 is 9.63 Å². The molecule has 0 saturated heterocycles. The molecule has 0 unspecified atom stereocenters. The Balaban J connectivity index is 0. The van der Waals surface area contributed by atoms with Gasteiger partial charge in [-0.3, -0.25) is 4.79 Å². The van der Waals surface area contributed by atoms with Crippen molar-refractivity contribution in [3.05, 3.63) is 0 Å². The third-order valence-corrected chi connectivity index (χ3v) is 0.721. The van der Waals surface area contributed by atoms with Crippen LogP contribution in [0.1, 0.15) is 13.3 Å². The van der Waals surface area contributed by atoms with E-state index in [4.69, 9.17) is 5.73 Å². The van der Waals surface area contributed by atoms with E-state index in [0.717, 1.165) is 0 Å². The summed E-state index contributed by atoms with van der Waals surface area (Å²) in [5.74, 6) is -0.261. The van der Waals surface area contributed by atoms with Crippen LogP contribution in [0.5, 0.6) is 0 Å². The van der Waals surface area contributed by atoms with Crippen LogP contribution < -0.4 is 11.2 Å². The molecule has 10 heavy (non-hydrogen) atoms. The standard InChI is InChI=1S/C5H12N2O2.Na.H/c1-2-5(8)9-7-4-3-6;;/h7H,2-4,6H2,1H3;;. The normalized spacial score (nSPS) is 8.20. The van der Waals surface area contributed by atoms with Gasteiger partial charge in [0, 0.05) is 19.5 Å². The first-order chi connectivity index (χ1) is 4.31. The van der Waals surface area contributed by atoms with Gasteiger partial charge in [-0.25, -0.2) is 0 Å². The number of hydrogen-bond donors (Lipinski definition) is 2. The molecule has 0 aromatic heterocycles. The molecular weight excluding hydrogens is 143 g/mol. The second-order valence-electron chi connectivity index (χ2n) is 1.51. The van der Waals surface area contributed by atoms with Crippen molar-refractivity contribution in [1.82, 2.24) is 5.48 Å². The van der Waals surface area contributed by atoms with Gasteiger partial charge in [0.25, 0.3) is 0 Å². The van der Waals surface area contributed by atoms with E-state index < -0.39 is 0 Å². The number of carbonyl (C=O) groups excluding carboxylic acids is 1. The number of hydroxylamine groups is 1. The molecule has 0 saturated carbocycles. The Morgan fingerprint density at radius 1 is 1.70 bits per heavy atom. The molecule has 0 spiro atoms. The second kappa shape index (κ2) is 9.39. The van der Waals surface area contributed by atoms with Crippen LogP contribution in [0.3, 0.4) is 0 Å². The minimum atomic E-state index is -0.261. The van der Waals surface area contributed by atoms with Gasteiger partial charge in [0.05, 0.1) is 0 Å². The third kappa shape index (κ3) is 8.39. The van der Waals surface area contributed by atoms with E-state index in [1.54, 1.807) is 6.92 Å². The molecule has 56 valence electrons. The average Bonchev–Trinajstić information content (AvgIpc) is 1.89. The summed E-state index contributed by atoms with van der Waals surface area (Å²) in [6.45, 7) is 2.70. The second-order valence-corrected chi connectivity index (χ2v) is 1.51. The Bertz CT molecular complexity index is 89.7. The predicted molar refractivity (Wildman–Crippen MR) is 40.6 cm³/mol. The zero-order chi connectivity index (χ0) is 7.11. The SMILES string of the molecule is CCC(=O)ONCCN.[NaH]. The fraction of sp³-hybridized carbons (Fsp3) is 0.800. The van der Waals surface area contributed by atoms with Crippen molar-refractivity contribution in [2.24, 2.45) is 5.73 Å². The monoisotopic (exact) mass is 156 g/mol. The van der Waals surface area contributed by atoms with Crippen LogP contribution in [0.25, 0.3) is 0 Å². The Morgan fingerprint density at radius 2 is 2.30 bits per heavy atom. The van der Waals surface area contributed by atoms with E-state index in [1.807, 2.05) is 0 Å². The Hall–Kier alpha value is 0.390. The van der Waals surface area contributed by atoms with Gasteiger partial charge < -0.3 is 10.6 Å². The first-order valence-electron chi connectivity index (χ1n) is 2.93. The van der Waals surface area contributed by atoms with E-state index in [2.05, 4.69) is 10.3 Å². The Morgan fingerprint density at radius 3 is 2.70 bits per heavy atom. The minimum absolute atomic E-state index is 0. The van der Waals surface area contributed by atoms with E-state index in [0.29, 0.717) is 19.5 Å². The van der Waals surface area contributed by atoms with Crippen LogP contribution in [-0.4, -0.2) is 48.6 Å². The number of hydrogen-bond acceptors (Lipinski definition) is 4. The van der Waals surface area contributed by atoms with Crippen LogP contribution in [0.4, 0.5) is 0 Å². The van der Waals surface area contributed by atoms with E-state index in [1.165, 1.54) is 0 Å². The van der Waals surface area contributed by atoms with E-state index in [9.17, 15) is 4.79 Å². The van der Waals surface area contributed by atoms with Gasteiger partial charge in [-0.1, -0.05) is 6.92 Å². The van der Waals surface area contributed by atoms with Gasteiger partial charge in [0.15, 0.2) is 0 Å². The van der Waals surface area contributed by atoms with Crippen LogP contribution in [0.2, 0.25) is 0 Å². The van der Waals surface area contributed by atoms with Gasteiger partial charge in [-0.2, -0.15) is 5.48 Å².